The van der Waals surface area contributed by atoms with Crippen LogP contribution in [0.4, 0.5) is 5.82 Å². The summed E-state index contributed by atoms with van der Waals surface area (Å²) in [7, 11) is 0. The highest BCUT2D eigenvalue weighted by atomic mass is 16.5. The molecule has 4 heteroatoms. The highest BCUT2D eigenvalue weighted by molar-refractivity contribution is 5.52. The fourth-order valence-corrected chi connectivity index (χ4v) is 2.03. The normalized spacial score (nSPS) is 20.9. The number of hydrogen-bond acceptors (Lipinski definition) is 4. The molecule has 1 fully saturated rings. The molecule has 0 radical (unpaired) electrons. The van der Waals surface area contributed by atoms with Crippen LogP contribution < -0.4 is 9.64 Å². The fraction of sp³-hybridized carbons (Fsp3) is 0.583. The predicted octanol–water partition coefficient (Wildman–Crippen LogP) is 1.44. The summed E-state index contributed by atoms with van der Waals surface area (Å²) in [6.45, 7) is 4.18. The molecule has 2 rings (SSSR count). The van der Waals surface area contributed by atoms with Gasteiger partial charge < -0.3 is 14.7 Å². The average Bonchev–Trinajstić information content (AvgIpc) is 2.30. The van der Waals surface area contributed by atoms with Crippen LogP contribution in [0, 0.1) is 0 Å². The van der Waals surface area contributed by atoms with Crippen LogP contribution in [0.15, 0.2) is 18.3 Å². The van der Waals surface area contributed by atoms with Gasteiger partial charge in [-0.1, -0.05) is 0 Å². The molecule has 4 nitrogen and oxygen atoms in total. The third-order valence-corrected chi connectivity index (χ3v) is 2.75. The van der Waals surface area contributed by atoms with Crippen LogP contribution >= 0.6 is 0 Å². The first-order valence-electron chi connectivity index (χ1n) is 5.82. The Morgan fingerprint density at radius 1 is 1.62 bits per heavy atom. The van der Waals surface area contributed by atoms with E-state index in [1.54, 1.807) is 6.20 Å². The van der Waals surface area contributed by atoms with E-state index >= 15 is 0 Å². The summed E-state index contributed by atoms with van der Waals surface area (Å²) < 4.78 is 5.54. The molecule has 1 aromatic heterocycles. The highest BCUT2D eigenvalue weighted by Crippen LogP contribution is 2.27. The standard InChI is InChI=1S/C12H18N2O2/c1-2-16-11-6-3-7-13-12(11)14-8-4-5-10(15)9-14/h3,6-7,10,15H,2,4-5,8-9H2,1H3/t10-/m0/s1. The van der Waals surface area contributed by atoms with Gasteiger partial charge in [-0.2, -0.15) is 0 Å². The lowest BCUT2D eigenvalue weighted by Gasteiger charge is -2.31. The van der Waals surface area contributed by atoms with Crippen molar-refractivity contribution in [2.75, 3.05) is 24.6 Å². The van der Waals surface area contributed by atoms with Crippen LogP contribution in [0.1, 0.15) is 19.8 Å². The molecule has 1 saturated heterocycles. The number of aromatic nitrogens is 1. The molecule has 2 heterocycles. The van der Waals surface area contributed by atoms with Gasteiger partial charge in [0, 0.05) is 19.3 Å². The molecule has 1 N–H and O–H groups in total. The second-order valence-electron chi connectivity index (χ2n) is 4.00. The molecule has 1 aromatic rings. The van der Waals surface area contributed by atoms with Crippen molar-refractivity contribution in [2.24, 2.45) is 0 Å². The van der Waals surface area contributed by atoms with E-state index in [9.17, 15) is 5.11 Å². The number of hydrogen-bond donors (Lipinski definition) is 1. The molecular weight excluding hydrogens is 204 g/mol. The summed E-state index contributed by atoms with van der Waals surface area (Å²) in [5.41, 5.74) is 0. The number of β-amino-alcohol motifs (C(OH)–C–C–N with tert-alkyl or cyclic N) is 1. The SMILES string of the molecule is CCOc1cccnc1N1CCC[C@H](O)C1. The van der Waals surface area contributed by atoms with Crippen LogP contribution in [0.2, 0.25) is 0 Å². The largest absolute Gasteiger partial charge is 0.490 e. The first-order chi connectivity index (χ1) is 7.81. The van der Waals surface area contributed by atoms with Crippen molar-refractivity contribution in [3.05, 3.63) is 18.3 Å². The minimum absolute atomic E-state index is 0.245. The lowest BCUT2D eigenvalue weighted by atomic mass is 10.1. The molecule has 0 saturated carbocycles. The van der Waals surface area contributed by atoms with E-state index in [-0.39, 0.29) is 6.10 Å². The first-order valence-corrected chi connectivity index (χ1v) is 5.82. The number of anilines is 1. The maximum Gasteiger partial charge on any atom is 0.171 e. The minimum Gasteiger partial charge on any atom is -0.490 e. The summed E-state index contributed by atoms with van der Waals surface area (Å²) >= 11 is 0. The Balaban J connectivity index is 2.17. The summed E-state index contributed by atoms with van der Waals surface area (Å²) in [6.07, 6.45) is 3.40. The summed E-state index contributed by atoms with van der Waals surface area (Å²) in [4.78, 5) is 6.44. The molecule has 0 unspecified atom stereocenters. The number of aliphatic hydroxyl groups excluding tert-OH is 1. The average molecular weight is 222 g/mol. The van der Waals surface area contributed by atoms with Gasteiger partial charge in [-0.05, 0) is 31.9 Å². The van der Waals surface area contributed by atoms with Crippen molar-refractivity contribution in [1.82, 2.24) is 4.98 Å². The monoisotopic (exact) mass is 222 g/mol. The van der Waals surface area contributed by atoms with E-state index in [1.165, 1.54) is 0 Å². The summed E-state index contributed by atoms with van der Waals surface area (Å²) in [5, 5.41) is 9.65. The lowest BCUT2D eigenvalue weighted by Crippen LogP contribution is -2.38. The minimum atomic E-state index is -0.245. The fourth-order valence-electron chi connectivity index (χ4n) is 2.03. The Labute approximate surface area is 95.9 Å². The zero-order chi connectivity index (χ0) is 11.4. The van der Waals surface area contributed by atoms with Gasteiger partial charge in [0.25, 0.3) is 0 Å². The van der Waals surface area contributed by atoms with Crippen molar-refractivity contribution >= 4 is 5.82 Å². The molecule has 16 heavy (non-hydrogen) atoms. The maximum atomic E-state index is 9.65. The van der Waals surface area contributed by atoms with E-state index in [4.69, 9.17) is 4.74 Å². The van der Waals surface area contributed by atoms with E-state index < -0.39 is 0 Å². The number of nitrogens with zero attached hydrogens (tertiary/aromatic N) is 2. The zero-order valence-electron chi connectivity index (χ0n) is 9.59. The zero-order valence-corrected chi connectivity index (χ0v) is 9.59. The quantitative estimate of drug-likeness (QED) is 0.840. The van der Waals surface area contributed by atoms with Gasteiger partial charge in [0.05, 0.1) is 12.7 Å². The molecule has 0 bridgehead atoms. The smallest absolute Gasteiger partial charge is 0.171 e. The van der Waals surface area contributed by atoms with Crippen LogP contribution in [0.3, 0.4) is 0 Å². The second-order valence-corrected chi connectivity index (χ2v) is 4.00. The Morgan fingerprint density at radius 3 is 3.25 bits per heavy atom. The number of aliphatic hydroxyl groups is 1. The predicted molar refractivity (Wildman–Crippen MR) is 62.9 cm³/mol. The van der Waals surface area contributed by atoms with Crippen molar-refractivity contribution in [2.45, 2.75) is 25.9 Å². The van der Waals surface area contributed by atoms with E-state index in [2.05, 4.69) is 9.88 Å². The topological polar surface area (TPSA) is 45.6 Å². The Bertz CT molecular complexity index is 344. The van der Waals surface area contributed by atoms with Crippen molar-refractivity contribution in [3.8, 4) is 5.75 Å². The van der Waals surface area contributed by atoms with E-state index in [0.29, 0.717) is 13.2 Å². The van der Waals surface area contributed by atoms with Crippen molar-refractivity contribution < 1.29 is 9.84 Å². The van der Waals surface area contributed by atoms with Crippen LogP contribution in [0.5, 0.6) is 5.75 Å². The lowest BCUT2D eigenvalue weighted by molar-refractivity contribution is 0.153. The summed E-state index contributed by atoms with van der Waals surface area (Å²) in [6, 6.07) is 3.79. The van der Waals surface area contributed by atoms with Gasteiger partial charge in [0.15, 0.2) is 11.6 Å². The maximum absolute atomic E-state index is 9.65. The molecule has 1 atom stereocenters. The third kappa shape index (κ3) is 2.44. The number of rotatable bonds is 3. The summed E-state index contributed by atoms with van der Waals surface area (Å²) in [5.74, 6) is 1.65. The van der Waals surface area contributed by atoms with Gasteiger partial charge in [0.2, 0.25) is 0 Å². The van der Waals surface area contributed by atoms with Crippen LogP contribution in [-0.4, -0.2) is 35.9 Å². The molecule has 0 amide bonds. The number of ether oxygens (including phenoxy) is 1. The van der Waals surface area contributed by atoms with Crippen LogP contribution in [0.25, 0.3) is 0 Å². The molecule has 0 spiro atoms. The van der Waals surface area contributed by atoms with Gasteiger partial charge in [0.1, 0.15) is 0 Å². The molecule has 1 aliphatic heterocycles. The molecule has 0 aromatic carbocycles. The molecule has 0 aliphatic carbocycles. The molecule has 1 aliphatic rings. The van der Waals surface area contributed by atoms with E-state index in [0.717, 1.165) is 31.0 Å². The van der Waals surface area contributed by atoms with Gasteiger partial charge in [-0.25, -0.2) is 4.98 Å². The number of pyridine rings is 1. The Kier molecular flexibility index (Phi) is 3.62. The highest BCUT2D eigenvalue weighted by Gasteiger charge is 2.21. The van der Waals surface area contributed by atoms with Gasteiger partial charge >= 0.3 is 0 Å². The number of piperidine rings is 1. The van der Waals surface area contributed by atoms with Crippen molar-refractivity contribution in [1.29, 1.82) is 0 Å². The Hall–Kier alpha value is -1.29. The Morgan fingerprint density at radius 2 is 2.50 bits per heavy atom. The van der Waals surface area contributed by atoms with Gasteiger partial charge in [-0.15, -0.1) is 0 Å². The third-order valence-electron chi connectivity index (χ3n) is 2.75. The molecular formula is C12H18N2O2. The van der Waals surface area contributed by atoms with E-state index in [1.807, 2.05) is 19.1 Å². The first kappa shape index (κ1) is 11.2. The van der Waals surface area contributed by atoms with Crippen molar-refractivity contribution in [3.63, 3.8) is 0 Å². The second kappa shape index (κ2) is 5.16. The van der Waals surface area contributed by atoms with Crippen LogP contribution in [-0.2, 0) is 0 Å². The van der Waals surface area contributed by atoms with Gasteiger partial charge in [-0.3, -0.25) is 0 Å². The molecule has 88 valence electrons.